The summed E-state index contributed by atoms with van der Waals surface area (Å²) in [6.07, 6.45) is 0.562. The standard InChI is InChI=1S/C11H14Cl3NO/c1-15(2)9(5-6-16)10-7(12)3-4-8(13)11(10)14/h3-4,9,16H,5-6H2,1-2H3. The molecule has 0 aliphatic rings. The van der Waals surface area contributed by atoms with E-state index in [1.807, 2.05) is 19.0 Å². The fourth-order valence-corrected chi connectivity index (χ4v) is 2.42. The van der Waals surface area contributed by atoms with Crippen molar-refractivity contribution in [3.8, 4) is 0 Å². The van der Waals surface area contributed by atoms with Crippen LogP contribution in [0.5, 0.6) is 0 Å². The van der Waals surface area contributed by atoms with Crippen molar-refractivity contribution >= 4 is 34.8 Å². The zero-order valence-electron chi connectivity index (χ0n) is 9.17. The van der Waals surface area contributed by atoms with Crippen LogP contribution in [-0.4, -0.2) is 30.7 Å². The molecule has 1 atom stereocenters. The highest BCUT2D eigenvalue weighted by Crippen LogP contribution is 2.38. The van der Waals surface area contributed by atoms with Crippen molar-refractivity contribution in [2.24, 2.45) is 0 Å². The van der Waals surface area contributed by atoms with Crippen LogP contribution in [0.1, 0.15) is 18.0 Å². The lowest BCUT2D eigenvalue weighted by molar-refractivity contribution is 0.211. The van der Waals surface area contributed by atoms with Crippen LogP contribution in [-0.2, 0) is 0 Å². The van der Waals surface area contributed by atoms with Crippen LogP contribution in [0.4, 0.5) is 0 Å². The molecule has 0 aliphatic heterocycles. The van der Waals surface area contributed by atoms with Crippen LogP contribution in [0, 0.1) is 0 Å². The summed E-state index contributed by atoms with van der Waals surface area (Å²) in [5.74, 6) is 0. The molecule has 0 aliphatic carbocycles. The van der Waals surface area contributed by atoms with Crippen molar-refractivity contribution in [2.75, 3.05) is 20.7 Å². The minimum Gasteiger partial charge on any atom is -0.396 e. The molecule has 16 heavy (non-hydrogen) atoms. The van der Waals surface area contributed by atoms with Gasteiger partial charge in [-0.2, -0.15) is 0 Å². The molecule has 0 saturated heterocycles. The number of aliphatic hydroxyl groups excluding tert-OH is 1. The fraction of sp³-hybridized carbons (Fsp3) is 0.455. The van der Waals surface area contributed by atoms with Gasteiger partial charge in [-0.1, -0.05) is 34.8 Å². The first-order valence-electron chi connectivity index (χ1n) is 4.89. The number of hydrogen-bond donors (Lipinski definition) is 1. The molecule has 0 heterocycles. The second-order valence-corrected chi connectivity index (χ2v) is 4.94. The van der Waals surface area contributed by atoms with Crippen molar-refractivity contribution in [1.82, 2.24) is 4.90 Å². The average molecular weight is 283 g/mol. The average Bonchev–Trinajstić information content (AvgIpc) is 2.22. The van der Waals surface area contributed by atoms with Gasteiger partial charge in [-0.3, -0.25) is 0 Å². The van der Waals surface area contributed by atoms with Gasteiger partial charge in [0.05, 0.1) is 10.0 Å². The molecule has 0 aromatic heterocycles. The Hall–Kier alpha value is 0.01000. The van der Waals surface area contributed by atoms with Crippen molar-refractivity contribution in [1.29, 1.82) is 0 Å². The lowest BCUT2D eigenvalue weighted by atomic mass is 10.0. The molecule has 90 valence electrons. The molecule has 1 rings (SSSR count). The number of hydrogen-bond acceptors (Lipinski definition) is 2. The zero-order chi connectivity index (χ0) is 12.3. The third kappa shape index (κ3) is 3.02. The SMILES string of the molecule is CN(C)C(CCO)c1c(Cl)ccc(Cl)c1Cl. The van der Waals surface area contributed by atoms with Crippen LogP contribution in [0.3, 0.4) is 0 Å². The van der Waals surface area contributed by atoms with Gasteiger partial charge in [-0.05, 0) is 32.6 Å². The predicted octanol–water partition coefficient (Wildman–Crippen LogP) is 3.63. The maximum Gasteiger partial charge on any atom is 0.0655 e. The summed E-state index contributed by atoms with van der Waals surface area (Å²) in [6.45, 7) is 0.0714. The minimum absolute atomic E-state index is 0.0382. The van der Waals surface area contributed by atoms with Crippen LogP contribution >= 0.6 is 34.8 Å². The van der Waals surface area contributed by atoms with Crippen LogP contribution < -0.4 is 0 Å². The first-order chi connectivity index (χ1) is 7.49. The molecule has 2 nitrogen and oxygen atoms in total. The van der Waals surface area contributed by atoms with Gasteiger partial charge in [0.2, 0.25) is 0 Å². The Balaban J connectivity index is 3.22. The maximum absolute atomic E-state index is 9.05. The summed E-state index contributed by atoms with van der Waals surface area (Å²) in [5, 5.41) is 10.6. The van der Waals surface area contributed by atoms with Crippen LogP contribution in [0.15, 0.2) is 12.1 Å². The van der Waals surface area contributed by atoms with E-state index in [2.05, 4.69) is 0 Å². The van der Waals surface area contributed by atoms with E-state index in [-0.39, 0.29) is 12.6 Å². The highest BCUT2D eigenvalue weighted by atomic mass is 35.5. The number of nitrogens with zero attached hydrogens (tertiary/aromatic N) is 1. The Kier molecular flexibility index (Phi) is 5.35. The summed E-state index contributed by atoms with van der Waals surface area (Å²) in [6, 6.07) is 3.35. The summed E-state index contributed by atoms with van der Waals surface area (Å²) in [4.78, 5) is 1.96. The maximum atomic E-state index is 9.05. The molecule has 0 fully saturated rings. The summed E-state index contributed by atoms with van der Waals surface area (Å²) in [5.41, 5.74) is 0.773. The van der Waals surface area contributed by atoms with Gasteiger partial charge in [-0.15, -0.1) is 0 Å². The van der Waals surface area contributed by atoms with E-state index >= 15 is 0 Å². The summed E-state index contributed by atoms with van der Waals surface area (Å²) in [7, 11) is 3.82. The minimum atomic E-state index is -0.0382. The topological polar surface area (TPSA) is 23.5 Å². The summed E-state index contributed by atoms with van der Waals surface area (Å²) >= 11 is 18.2. The van der Waals surface area contributed by atoms with Crippen LogP contribution in [0.25, 0.3) is 0 Å². The smallest absolute Gasteiger partial charge is 0.0655 e. The molecule has 0 saturated carbocycles. The zero-order valence-corrected chi connectivity index (χ0v) is 11.4. The van der Waals surface area contributed by atoms with E-state index < -0.39 is 0 Å². The van der Waals surface area contributed by atoms with Gasteiger partial charge in [-0.25, -0.2) is 0 Å². The third-order valence-electron chi connectivity index (χ3n) is 2.44. The molecule has 0 bridgehead atoms. The first kappa shape index (κ1) is 14.1. The highest BCUT2D eigenvalue weighted by Gasteiger charge is 2.21. The van der Waals surface area contributed by atoms with Crippen molar-refractivity contribution < 1.29 is 5.11 Å². The lowest BCUT2D eigenvalue weighted by Gasteiger charge is -2.26. The highest BCUT2D eigenvalue weighted by molar-refractivity contribution is 6.44. The largest absolute Gasteiger partial charge is 0.396 e. The van der Waals surface area contributed by atoms with Gasteiger partial charge >= 0.3 is 0 Å². The second kappa shape index (κ2) is 6.08. The lowest BCUT2D eigenvalue weighted by Crippen LogP contribution is -2.21. The summed E-state index contributed by atoms with van der Waals surface area (Å²) < 4.78 is 0. The molecule has 1 N–H and O–H groups in total. The van der Waals surface area contributed by atoms with Gasteiger partial charge < -0.3 is 10.0 Å². The Morgan fingerprint density at radius 1 is 1.19 bits per heavy atom. The number of benzene rings is 1. The number of halogens is 3. The normalized spacial score (nSPS) is 13.2. The van der Waals surface area contributed by atoms with E-state index in [4.69, 9.17) is 39.9 Å². The van der Waals surface area contributed by atoms with Gasteiger partial charge in [0.15, 0.2) is 0 Å². The van der Waals surface area contributed by atoms with E-state index in [0.717, 1.165) is 5.56 Å². The fourth-order valence-electron chi connectivity index (χ4n) is 1.63. The molecular formula is C11H14Cl3NO. The quantitative estimate of drug-likeness (QED) is 0.853. The third-order valence-corrected chi connectivity index (χ3v) is 3.59. The Bertz CT molecular complexity index is 368. The van der Waals surface area contributed by atoms with Gasteiger partial charge in [0, 0.05) is 23.2 Å². The molecule has 0 spiro atoms. The monoisotopic (exact) mass is 281 g/mol. The molecule has 0 amide bonds. The van der Waals surface area contributed by atoms with Crippen molar-refractivity contribution in [3.63, 3.8) is 0 Å². The first-order valence-corrected chi connectivity index (χ1v) is 6.03. The van der Waals surface area contributed by atoms with Crippen molar-refractivity contribution in [3.05, 3.63) is 32.8 Å². The van der Waals surface area contributed by atoms with Crippen LogP contribution in [0.2, 0.25) is 15.1 Å². The predicted molar refractivity (Wildman–Crippen MR) is 69.6 cm³/mol. The number of aliphatic hydroxyl groups is 1. The molecule has 1 aromatic rings. The Morgan fingerprint density at radius 3 is 2.25 bits per heavy atom. The molecular weight excluding hydrogens is 268 g/mol. The molecule has 0 radical (unpaired) electrons. The number of rotatable bonds is 4. The van der Waals surface area contributed by atoms with E-state index in [0.29, 0.717) is 21.5 Å². The molecule has 1 unspecified atom stereocenters. The second-order valence-electron chi connectivity index (χ2n) is 3.75. The molecule has 1 aromatic carbocycles. The Labute approximate surface area is 111 Å². The molecule has 5 heteroatoms. The van der Waals surface area contributed by atoms with E-state index in [1.165, 1.54) is 0 Å². The van der Waals surface area contributed by atoms with Crippen molar-refractivity contribution in [2.45, 2.75) is 12.5 Å². The van der Waals surface area contributed by atoms with Gasteiger partial charge in [0.25, 0.3) is 0 Å². The van der Waals surface area contributed by atoms with E-state index in [1.54, 1.807) is 12.1 Å². The van der Waals surface area contributed by atoms with E-state index in [9.17, 15) is 0 Å². The van der Waals surface area contributed by atoms with Gasteiger partial charge in [0.1, 0.15) is 0 Å². The Morgan fingerprint density at radius 2 is 1.75 bits per heavy atom.